The third-order valence-corrected chi connectivity index (χ3v) is 16.8. The summed E-state index contributed by atoms with van der Waals surface area (Å²) in [5.74, 6) is -1.91. The third-order valence-electron chi connectivity index (χ3n) is 12.2. The van der Waals surface area contributed by atoms with Crippen LogP contribution in [0.4, 0.5) is 52.7 Å². The molecule has 0 aromatic heterocycles. The van der Waals surface area contributed by atoms with Gasteiger partial charge in [0.15, 0.2) is 0 Å². The quantitative estimate of drug-likeness (QED) is 0.0349. The molecule has 4 amide bonds. The van der Waals surface area contributed by atoms with Crippen LogP contribution < -0.4 is 8.37 Å². The minimum absolute atomic E-state index is 0.288. The predicted octanol–water partition coefficient (Wildman–Crippen LogP) is 7.40. The van der Waals surface area contributed by atoms with Crippen LogP contribution in [-0.4, -0.2) is 138 Å². The Bertz CT molecular complexity index is 3230. The standard InChI is InChI=1S/2C22H21F3N2O5S.C2F6O5S2/c2*23-22(24,25)33(30,31)32-17-8-7-15-9-12-26(14-16(15)13-17)10-3-4-11-27-20(28)18-5-1-2-6-19(18)21(27)29;3-1(4,5)14(9,10)13-15(11,12)2(6,7)8/h2*1-2,5-8,13H,3-4,9-12,14H2;. The van der Waals surface area contributed by atoms with Gasteiger partial charge >= 0.3 is 62.5 Å². The molecule has 0 spiro atoms. The van der Waals surface area contributed by atoms with Crippen molar-refractivity contribution in [3.8, 4) is 11.5 Å². The van der Waals surface area contributed by atoms with Crippen LogP contribution in [0, 0.1) is 0 Å². The monoisotopic (exact) mass is 1250 g/mol. The van der Waals surface area contributed by atoms with E-state index in [0.29, 0.717) is 111 Å². The molecule has 0 saturated carbocycles. The molecule has 19 nitrogen and oxygen atoms in total. The Morgan fingerprint density at radius 2 is 0.667 bits per heavy atom. The number of carbonyl (C=O) groups is 4. The van der Waals surface area contributed by atoms with Crippen molar-refractivity contribution < 1.29 is 118 Å². The predicted molar refractivity (Wildman–Crippen MR) is 255 cm³/mol. The van der Waals surface area contributed by atoms with Gasteiger partial charge in [0.2, 0.25) is 0 Å². The second kappa shape index (κ2) is 24.2. The number of halogens is 12. The van der Waals surface area contributed by atoms with E-state index in [2.05, 4.69) is 18.2 Å². The number of nitrogens with zero attached hydrogens (tertiary/aromatic N) is 4. The van der Waals surface area contributed by atoms with Crippen LogP contribution in [-0.2, 0) is 70.0 Å². The molecule has 0 N–H and O–H groups in total. The smallest absolute Gasteiger partial charge is 0.376 e. The molecule has 8 rings (SSSR count). The first-order chi connectivity index (χ1) is 37.3. The van der Waals surface area contributed by atoms with E-state index in [4.69, 9.17) is 0 Å². The van der Waals surface area contributed by atoms with Crippen LogP contribution in [0.15, 0.2) is 84.9 Å². The first-order valence-electron chi connectivity index (χ1n) is 23.3. The van der Waals surface area contributed by atoms with Crippen LogP contribution in [0.25, 0.3) is 0 Å². The number of hydrogen-bond donors (Lipinski definition) is 0. The number of unbranched alkanes of at least 4 members (excludes halogenated alkanes) is 2. The van der Waals surface area contributed by atoms with E-state index in [9.17, 15) is 106 Å². The van der Waals surface area contributed by atoms with Gasteiger partial charge in [0.05, 0.1) is 22.3 Å². The molecule has 0 unspecified atom stereocenters. The molecule has 0 bridgehead atoms. The van der Waals surface area contributed by atoms with Crippen molar-refractivity contribution in [1.82, 2.24) is 19.6 Å². The van der Waals surface area contributed by atoms with Crippen LogP contribution in [0.2, 0.25) is 0 Å². The van der Waals surface area contributed by atoms with E-state index >= 15 is 0 Å². The molecule has 0 saturated heterocycles. The van der Waals surface area contributed by atoms with Crippen molar-refractivity contribution in [2.45, 2.75) is 73.6 Å². The summed E-state index contributed by atoms with van der Waals surface area (Å²) in [6.07, 6.45) is 3.98. The van der Waals surface area contributed by atoms with Gasteiger partial charge in [-0.1, -0.05) is 36.4 Å². The number of benzene rings is 4. The van der Waals surface area contributed by atoms with Gasteiger partial charge in [-0.25, -0.2) is 0 Å². The Hall–Kier alpha value is -6.40. The van der Waals surface area contributed by atoms with E-state index in [1.807, 2.05) is 3.63 Å². The number of amides is 4. The molecule has 0 atom stereocenters. The number of fused-ring (bicyclic) bond motifs is 4. The normalized spacial score (nSPS) is 16.4. The maximum Gasteiger partial charge on any atom is 0.534 e. The van der Waals surface area contributed by atoms with E-state index in [1.165, 1.54) is 34.1 Å². The van der Waals surface area contributed by atoms with Crippen molar-refractivity contribution in [3.05, 3.63) is 129 Å². The van der Waals surface area contributed by atoms with Crippen molar-refractivity contribution in [1.29, 1.82) is 0 Å². The zero-order valence-corrected chi connectivity index (χ0v) is 44.3. The zero-order valence-electron chi connectivity index (χ0n) is 41.1. The second-order valence-electron chi connectivity index (χ2n) is 17.8. The molecule has 4 aliphatic rings. The molecule has 81 heavy (non-hydrogen) atoms. The van der Waals surface area contributed by atoms with E-state index < -0.39 is 62.5 Å². The third kappa shape index (κ3) is 15.2. The number of imide groups is 2. The lowest BCUT2D eigenvalue weighted by Gasteiger charge is -2.29. The van der Waals surface area contributed by atoms with Gasteiger partial charge in [-0.2, -0.15) is 86.4 Å². The fourth-order valence-corrected chi connectivity index (χ4v) is 10.8. The zero-order chi connectivity index (χ0) is 60.3. The Labute approximate surface area is 453 Å². The van der Waals surface area contributed by atoms with Gasteiger partial charge in [-0.3, -0.25) is 38.8 Å². The summed E-state index contributed by atoms with van der Waals surface area (Å²) >= 11 is 0. The summed E-state index contributed by atoms with van der Waals surface area (Å²) in [6, 6.07) is 21.7. The lowest BCUT2D eigenvalue weighted by molar-refractivity contribution is -0.0587. The van der Waals surface area contributed by atoms with E-state index in [-0.39, 0.29) is 35.1 Å². The molecule has 4 heterocycles. The SMILES string of the molecule is O=C1c2ccccc2C(=O)N1CCCCN1CCc2ccc(OS(=O)(=O)C(F)(F)F)cc2C1.O=C1c2ccccc2C(=O)N1CCCCN1CCc2ccc(OS(=O)(=O)C(F)(F)F)cc2C1.O=S(=O)(OS(=O)(=O)C(F)(F)F)C(F)(F)F. The van der Waals surface area contributed by atoms with Gasteiger partial charge < -0.3 is 8.37 Å². The highest BCUT2D eigenvalue weighted by molar-refractivity contribution is 8.00. The minimum atomic E-state index is -6.85. The Kier molecular flexibility index (Phi) is 19.1. The van der Waals surface area contributed by atoms with Crippen molar-refractivity contribution in [2.75, 3.05) is 39.3 Å². The number of hydrogen-bond acceptors (Lipinski definition) is 17. The Morgan fingerprint density at radius 3 is 0.951 bits per heavy atom. The van der Waals surface area contributed by atoms with Crippen LogP contribution in [0.3, 0.4) is 0 Å². The average Bonchev–Trinajstić information content (AvgIpc) is 3.94. The van der Waals surface area contributed by atoms with E-state index in [0.717, 1.165) is 24.2 Å². The van der Waals surface area contributed by atoms with Crippen LogP contribution >= 0.6 is 0 Å². The average molecular weight is 1250 g/mol. The largest absolute Gasteiger partial charge is 0.534 e. The molecule has 35 heteroatoms. The van der Waals surface area contributed by atoms with Gasteiger partial charge in [-0.05, 0) is 122 Å². The highest BCUT2D eigenvalue weighted by atomic mass is 32.3. The highest BCUT2D eigenvalue weighted by Gasteiger charge is 2.57. The van der Waals surface area contributed by atoms with Gasteiger partial charge in [-0.15, -0.1) is 3.63 Å². The summed E-state index contributed by atoms with van der Waals surface area (Å²) in [4.78, 5) is 56.3. The molecule has 444 valence electrons. The first-order valence-corrected chi connectivity index (χ1v) is 28.9. The molecular weight excluding hydrogens is 1200 g/mol. The molecule has 0 fully saturated rings. The van der Waals surface area contributed by atoms with Gasteiger partial charge in [0, 0.05) is 39.3 Å². The summed E-state index contributed by atoms with van der Waals surface area (Å²) in [5.41, 5.74) is -18.6. The maximum atomic E-state index is 12.6. The highest BCUT2D eigenvalue weighted by Crippen LogP contribution is 2.34. The fraction of sp³-hybridized carbons (Fsp3) is 0.391. The Balaban J connectivity index is 0.000000210. The van der Waals surface area contributed by atoms with Gasteiger partial charge in [0.25, 0.3) is 23.6 Å². The van der Waals surface area contributed by atoms with Gasteiger partial charge in [0.1, 0.15) is 11.5 Å². The number of alkyl halides is 12. The summed E-state index contributed by atoms with van der Waals surface area (Å²) in [6.45, 7) is 4.29. The summed E-state index contributed by atoms with van der Waals surface area (Å²) in [5, 5.41) is 0. The van der Waals surface area contributed by atoms with Crippen LogP contribution in [0.1, 0.15) is 89.4 Å². The van der Waals surface area contributed by atoms with Crippen molar-refractivity contribution >= 4 is 64.1 Å². The Morgan fingerprint density at radius 1 is 0.383 bits per heavy atom. The minimum Gasteiger partial charge on any atom is -0.376 e. The molecule has 4 aromatic carbocycles. The van der Waals surface area contributed by atoms with E-state index in [1.54, 1.807) is 60.7 Å². The van der Waals surface area contributed by atoms with Crippen molar-refractivity contribution in [2.24, 2.45) is 0 Å². The second-order valence-corrected chi connectivity index (χ2v) is 24.1. The fourth-order valence-electron chi connectivity index (χ4n) is 8.31. The topological polar surface area (TPSA) is 245 Å². The molecule has 4 aromatic rings. The lowest BCUT2D eigenvalue weighted by atomic mass is 9.99. The molecule has 0 radical (unpaired) electrons. The summed E-state index contributed by atoms with van der Waals surface area (Å²) < 4.78 is 239. The maximum absolute atomic E-state index is 12.6. The molecule has 0 aliphatic carbocycles. The first kappa shape index (κ1) is 63.8. The number of carbonyl (C=O) groups excluding carboxylic acids is 4. The molecule has 4 aliphatic heterocycles. The van der Waals surface area contributed by atoms with Crippen LogP contribution in [0.5, 0.6) is 11.5 Å². The lowest BCUT2D eigenvalue weighted by Crippen LogP contribution is -2.34. The molecular formula is C46H42F12N4O15S4. The van der Waals surface area contributed by atoms with Crippen molar-refractivity contribution in [3.63, 3.8) is 0 Å². The summed E-state index contributed by atoms with van der Waals surface area (Å²) in [7, 11) is -25.1. The number of rotatable bonds is 16.